The first-order valence-electron chi connectivity index (χ1n) is 12.3. The molecule has 1 unspecified atom stereocenters. The van der Waals surface area contributed by atoms with Crippen LogP contribution in [0.4, 0.5) is 0 Å². The number of amides is 4. The summed E-state index contributed by atoms with van der Waals surface area (Å²) in [6, 6.07) is 4.51. The number of hydrogen-bond acceptors (Lipinski definition) is 6. The van der Waals surface area contributed by atoms with Gasteiger partial charge in [0.2, 0.25) is 23.6 Å². The van der Waals surface area contributed by atoms with Crippen molar-refractivity contribution in [2.75, 3.05) is 14.1 Å². The van der Waals surface area contributed by atoms with Crippen LogP contribution in [-0.4, -0.2) is 66.4 Å². The van der Waals surface area contributed by atoms with Gasteiger partial charge in [0.15, 0.2) is 0 Å². The molecule has 1 aliphatic rings. The van der Waals surface area contributed by atoms with Gasteiger partial charge in [-0.2, -0.15) is 0 Å². The highest BCUT2D eigenvalue weighted by Gasteiger charge is 2.36. The Bertz CT molecular complexity index is 1020. The van der Waals surface area contributed by atoms with Crippen LogP contribution in [0.25, 0.3) is 0 Å². The average Bonchev–Trinajstić information content (AvgIpc) is 2.85. The molecule has 0 heterocycles. The molecular formula is C25H38N8O4. The molecule has 12 nitrogen and oxygen atoms in total. The molecule has 1 saturated carbocycles. The topological polar surface area (TPSA) is 221 Å². The summed E-state index contributed by atoms with van der Waals surface area (Å²) in [6.07, 6.45) is 4.03. The van der Waals surface area contributed by atoms with Gasteiger partial charge in [-0.3, -0.25) is 30.0 Å². The van der Waals surface area contributed by atoms with E-state index in [-0.39, 0.29) is 30.4 Å². The molecular weight excluding hydrogens is 476 g/mol. The third kappa shape index (κ3) is 8.58. The Morgan fingerprint density at radius 3 is 2.03 bits per heavy atom. The normalized spacial score (nSPS) is 16.1. The van der Waals surface area contributed by atoms with Crippen molar-refractivity contribution in [2.24, 2.45) is 29.0 Å². The van der Waals surface area contributed by atoms with Gasteiger partial charge in [-0.05, 0) is 30.7 Å². The number of primary amides is 1. The van der Waals surface area contributed by atoms with E-state index in [9.17, 15) is 19.2 Å². The molecule has 1 aliphatic carbocycles. The summed E-state index contributed by atoms with van der Waals surface area (Å²) in [5, 5.41) is 20.3. The van der Waals surface area contributed by atoms with Crippen molar-refractivity contribution < 1.29 is 19.2 Å². The number of nitrogens with zero attached hydrogens (tertiary/aromatic N) is 1. The zero-order chi connectivity index (χ0) is 27.7. The first-order valence-corrected chi connectivity index (χ1v) is 12.3. The van der Waals surface area contributed by atoms with Crippen molar-refractivity contribution in [3.05, 3.63) is 35.4 Å². The molecule has 0 bridgehead atoms. The van der Waals surface area contributed by atoms with Gasteiger partial charge in [-0.15, -0.1) is 0 Å². The van der Waals surface area contributed by atoms with Crippen molar-refractivity contribution in [3.63, 3.8) is 0 Å². The fraction of sp³-hybridized carbons (Fsp3) is 0.520. The molecule has 10 N–H and O–H groups in total. The minimum Gasteiger partial charge on any atom is -0.388 e. The molecule has 1 fully saturated rings. The van der Waals surface area contributed by atoms with Crippen LogP contribution in [-0.2, 0) is 25.6 Å². The number of nitrogen functional groups attached to an aromatic ring is 1. The van der Waals surface area contributed by atoms with Crippen molar-refractivity contribution in [3.8, 4) is 0 Å². The molecule has 0 aromatic heterocycles. The number of carbonyl (C=O) groups is 4. The summed E-state index contributed by atoms with van der Waals surface area (Å²) in [5.41, 5.74) is 17.5. The fourth-order valence-electron chi connectivity index (χ4n) is 4.48. The molecule has 2 rings (SSSR count). The molecule has 0 spiro atoms. The molecule has 3 atom stereocenters. The Hall–Kier alpha value is -3.96. The molecule has 202 valence electrons. The summed E-state index contributed by atoms with van der Waals surface area (Å²) >= 11 is 0. The molecule has 0 saturated heterocycles. The van der Waals surface area contributed by atoms with Crippen molar-refractivity contribution in [1.29, 1.82) is 10.8 Å². The minimum absolute atomic E-state index is 0.0777. The summed E-state index contributed by atoms with van der Waals surface area (Å²) < 4.78 is 0. The lowest BCUT2D eigenvalue weighted by molar-refractivity contribution is -0.142. The first kappa shape index (κ1) is 29.3. The zero-order valence-electron chi connectivity index (χ0n) is 21.4. The maximum Gasteiger partial charge on any atom is 0.243 e. The van der Waals surface area contributed by atoms with Gasteiger partial charge in [-0.1, -0.05) is 43.5 Å². The predicted octanol–water partition coefficient (Wildman–Crippen LogP) is -0.421. The van der Waals surface area contributed by atoms with Gasteiger partial charge in [0, 0.05) is 26.1 Å². The number of hydrogen-bond donors (Lipinski definition) is 7. The Morgan fingerprint density at radius 2 is 1.54 bits per heavy atom. The lowest BCUT2D eigenvalue weighted by Gasteiger charge is -2.32. The lowest BCUT2D eigenvalue weighted by Crippen LogP contribution is -2.58. The second kappa shape index (κ2) is 13.4. The number of benzene rings is 1. The van der Waals surface area contributed by atoms with Crippen LogP contribution in [0.1, 0.15) is 49.7 Å². The van der Waals surface area contributed by atoms with Gasteiger partial charge in [-0.25, -0.2) is 0 Å². The Balaban J connectivity index is 2.30. The van der Waals surface area contributed by atoms with Crippen LogP contribution >= 0.6 is 0 Å². The highest BCUT2D eigenvalue weighted by molar-refractivity contribution is 6.02. The van der Waals surface area contributed by atoms with E-state index in [1.165, 1.54) is 4.90 Å². The summed E-state index contributed by atoms with van der Waals surface area (Å²) in [7, 11) is 3.10. The summed E-state index contributed by atoms with van der Waals surface area (Å²) in [5.74, 6) is -4.18. The Labute approximate surface area is 216 Å². The third-order valence-electron chi connectivity index (χ3n) is 6.55. The van der Waals surface area contributed by atoms with Crippen molar-refractivity contribution >= 4 is 35.3 Å². The number of carbonyl (C=O) groups excluding carboxylic acids is 4. The molecule has 0 aliphatic heterocycles. The molecule has 37 heavy (non-hydrogen) atoms. The maximum absolute atomic E-state index is 13.5. The lowest BCUT2D eigenvalue weighted by atomic mass is 9.83. The quantitative estimate of drug-likeness (QED) is 0.111. The molecule has 4 amide bonds. The number of nitrogens with one attached hydrogen (secondary N) is 4. The molecule has 12 heteroatoms. The van der Waals surface area contributed by atoms with E-state index >= 15 is 0 Å². The fourth-order valence-corrected chi connectivity index (χ4v) is 4.48. The average molecular weight is 515 g/mol. The standard InChI is InChI=1S/C25H38N8O4/c1-33(2)25(37)17(12-14-8-10-16(11-9-14)21(28)29)23(35)32-20(15-6-4-3-5-7-15)24(36)31-18(22(30)34)13-19(26)27/h8-11,15,17-18,20H,3-7,12-13H2,1-2H3,(H3,26,27)(H3,28,29)(H2,30,34)(H,31,36)(H,32,35)/t17?,18-,20-/m0/s1. The van der Waals surface area contributed by atoms with Gasteiger partial charge >= 0.3 is 0 Å². The van der Waals surface area contributed by atoms with Crippen LogP contribution < -0.4 is 27.8 Å². The van der Waals surface area contributed by atoms with E-state index in [0.717, 1.165) is 19.3 Å². The van der Waals surface area contributed by atoms with E-state index in [1.807, 2.05) is 0 Å². The number of rotatable bonds is 12. The van der Waals surface area contributed by atoms with Crippen molar-refractivity contribution in [1.82, 2.24) is 15.5 Å². The van der Waals surface area contributed by atoms with E-state index < -0.39 is 41.6 Å². The SMILES string of the molecule is CN(C)C(=O)C(Cc1ccc(C(=N)N)cc1)C(=O)N[C@H](C(=O)N[C@@H](CC(=N)N)C(N)=O)C1CCCCC1. The van der Waals surface area contributed by atoms with Crippen LogP contribution in [0.15, 0.2) is 24.3 Å². The van der Waals surface area contributed by atoms with E-state index in [4.69, 9.17) is 28.0 Å². The highest BCUT2D eigenvalue weighted by Crippen LogP contribution is 2.27. The maximum atomic E-state index is 13.5. The van der Waals surface area contributed by atoms with E-state index in [1.54, 1.807) is 38.4 Å². The predicted molar refractivity (Wildman–Crippen MR) is 140 cm³/mol. The van der Waals surface area contributed by atoms with E-state index in [2.05, 4.69) is 10.6 Å². The van der Waals surface area contributed by atoms with E-state index in [0.29, 0.717) is 24.0 Å². The van der Waals surface area contributed by atoms with Crippen LogP contribution in [0.5, 0.6) is 0 Å². The number of nitrogens with two attached hydrogens (primary N) is 3. The third-order valence-corrected chi connectivity index (χ3v) is 6.55. The minimum atomic E-state index is -1.19. The molecule has 0 radical (unpaired) electrons. The monoisotopic (exact) mass is 514 g/mol. The number of amidine groups is 2. The zero-order valence-corrected chi connectivity index (χ0v) is 21.4. The summed E-state index contributed by atoms with van der Waals surface area (Å²) in [4.78, 5) is 52.9. The molecule has 1 aromatic rings. The van der Waals surface area contributed by atoms with Crippen molar-refractivity contribution in [2.45, 2.75) is 57.0 Å². The molecule has 1 aromatic carbocycles. The van der Waals surface area contributed by atoms with Gasteiger partial charge in [0.25, 0.3) is 0 Å². The van der Waals surface area contributed by atoms with Crippen LogP contribution in [0, 0.1) is 22.7 Å². The summed E-state index contributed by atoms with van der Waals surface area (Å²) in [6.45, 7) is 0. The first-order chi connectivity index (χ1) is 17.4. The second-order valence-electron chi connectivity index (χ2n) is 9.68. The van der Waals surface area contributed by atoms with Gasteiger partial charge in [0.05, 0.1) is 5.84 Å². The van der Waals surface area contributed by atoms with Gasteiger partial charge < -0.3 is 32.7 Å². The Kier molecular flexibility index (Phi) is 10.6. The highest BCUT2D eigenvalue weighted by atomic mass is 16.2. The largest absolute Gasteiger partial charge is 0.388 e. The van der Waals surface area contributed by atoms with Crippen LogP contribution in [0.3, 0.4) is 0 Å². The van der Waals surface area contributed by atoms with Gasteiger partial charge in [0.1, 0.15) is 23.8 Å². The second-order valence-corrected chi connectivity index (χ2v) is 9.68. The smallest absolute Gasteiger partial charge is 0.243 e. The Morgan fingerprint density at radius 1 is 0.946 bits per heavy atom. The van der Waals surface area contributed by atoms with Crippen LogP contribution in [0.2, 0.25) is 0 Å².